The largest absolute Gasteiger partial charge is 0.322 e. The van der Waals surface area contributed by atoms with Crippen LogP contribution in [0.15, 0.2) is 47.5 Å². The summed E-state index contributed by atoms with van der Waals surface area (Å²) in [6.45, 7) is 1.12. The van der Waals surface area contributed by atoms with Gasteiger partial charge in [0.25, 0.3) is 5.91 Å². The first-order valence-electron chi connectivity index (χ1n) is 8.00. The normalized spacial score (nSPS) is 15.7. The molecule has 0 atom stereocenters. The van der Waals surface area contributed by atoms with Gasteiger partial charge in [-0.25, -0.2) is 13.4 Å². The second kappa shape index (κ2) is 7.51. The van der Waals surface area contributed by atoms with Crippen LogP contribution >= 0.6 is 11.6 Å². The molecule has 0 spiro atoms. The highest BCUT2D eigenvalue weighted by Crippen LogP contribution is 2.22. The van der Waals surface area contributed by atoms with Gasteiger partial charge >= 0.3 is 0 Å². The molecule has 6 nitrogen and oxygen atoms in total. The van der Waals surface area contributed by atoms with Crippen molar-refractivity contribution < 1.29 is 13.2 Å². The summed E-state index contributed by atoms with van der Waals surface area (Å²) < 4.78 is 26.7. The van der Waals surface area contributed by atoms with Gasteiger partial charge < -0.3 is 5.32 Å². The molecule has 1 N–H and O–H groups in total. The van der Waals surface area contributed by atoms with Gasteiger partial charge in [0.1, 0.15) is 5.15 Å². The topological polar surface area (TPSA) is 79.4 Å². The molecule has 1 saturated heterocycles. The molecule has 25 heavy (non-hydrogen) atoms. The monoisotopic (exact) mass is 379 g/mol. The van der Waals surface area contributed by atoms with Crippen molar-refractivity contribution in [2.24, 2.45) is 0 Å². The highest BCUT2D eigenvalue weighted by Gasteiger charge is 2.25. The van der Waals surface area contributed by atoms with Crippen LogP contribution in [-0.4, -0.2) is 36.7 Å². The molecule has 3 rings (SSSR count). The number of nitrogens with one attached hydrogen (secondary N) is 1. The third-order valence-electron chi connectivity index (χ3n) is 4.05. The summed E-state index contributed by atoms with van der Waals surface area (Å²) in [5, 5.41) is 2.94. The van der Waals surface area contributed by atoms with Gasteiger partial charge in [-0.05, 0) is 49.2 Å². The Kier molecular flexibility index (Phi) is 5.36. The van der Waals surface area contributed by atoms with Gasteiger partial charge in [0.05, 0.1) is 4.90 Å². The average Bonchev–Trinajstić information content (AvgIpc) is 2.63. The Morgan fingerprint density at radius 3 is 2.40 bits per heavy atom. The molecule has 0 radical (unpaired) electrons. The first-order valence-corrected chi connectivity index (χ1v) is 9.82. The fourth-order valence-corrected chi connectivity index (χ4v) is 4.40. The van der Waals surface area contributed by atoms with Crippen molar-refractivity contribution in [3.63, 3.8) is 0 Å². The number of sulfonamides is 1. The second-order valence-electron chi connectivity index (χ2n) is 5.81. The van der Waals surface area contributed by atoms with Crippen molar-refractivity contribution >= 4 is 33.2 Å². The van der Waals surface area contributed by atoms with Crippen molar-refractivity contribution in [3.8, 4) is 0 Å². The molecule has 1 aliphatic rings. The van der Waals surface area contributed by atoms with Crippen LogP contribution in [0, 0.1) is 0 Å². The van der Waals surface area contributed by atoms with E-state index in [1.807, 2.05) is 0 Å². The van der Waals surface area contributed by atoms with Gasteiger partial charge in [0.15, 0.2) is 0 Å². The number of benzene rings is 1. The predicted octanol–water partition coefficient (Wildman–Crippen LogP) is 3.16. The maximum absolute atomic E-state index is 12.6. The summed E-state index contributed by atoms with van der Waals surface area (Å²) in [6.07, 6.45) is 4.30. The van der Waals surface area contributed by atoms with E-state index < -0.39 is 10.0 Å². The maximum Gasteiger partial charge on any atom is 0.255 e. The molecule has 132 valence electrons. The molecule has 8 heteroatoms. The SMILES string of the molecule is O=C(Nc1ccc(S(=O)(=O)N2CCCCC2)cc1)c1ccnc(Cl)c1. The minimum atomic E-state index is -3.47. The van der Waals surface area contributed by atoms with E-state index >= 15 is 0 Å². The molecule has 1 aromatic carbocycles. The van der Waals surface area contributed by atoms with Crippen LogP contribution in [0.5, 0.6) is 0 Å². The zero-order valence-corrected chi connectivity index (χ0v) is 15.1. The second-order valence-corrected chi connectivity index (χ2v) is 8.14. The Hall–Kier alpha value is -1.96. The van der Waals surface area contributed by atoms with Crippen LogP contribution in [0.1, 0.15) is 29.6 Å². The number of carbonyl (C=O) groups excluding carboxylic acids is 1. The molecule has 1 fully saturated rings. The highest BCUT2D eigenvalue weighted by molar-refractivity contribution is 7.89. The molecule has 0 saturated carbocycles. The lowest BCUT2D eigenvalue weighted by Crippen LogP contribution is -2.35. The smallest absolute Gasteiger partial charge is 0.255 e. The fourth-order valence-electron chi connectivity index (χ4n) is 2.71. The summed E-state index contributed by atoms with van der Waals surface area (Å²) in [5.74, 6) is -0.337. The number of piperidine rings is 1. The third-order valence-corrected chi connectivity index (χ3v) is 6.17. The predicted molar refractivity (Wildman–Crippen MR) is 96.3 cm³/mol. The van der Waals surface area contributed by atoms with E-state index in [1.165, 1.54) is 28.7 Å². The lowest BCUT2D eigenvalue weighted by Gasteiger charge is -2.25. The number of carbonyl (C=O) groups is 1. The van der Waals surface area contributed by atoms with Gasteiger partial charge in [-0.2, -0.15) is 4.31 Å². The third kappa shape index (κ3) is 4.18. The number of hydrogen-bond donors (Lipinski definition) is 1. The van der Waals surface area contributed by atoms with Crippen molar-refractivity contribution in [2.75, 3.05) is 18.4 Å². The number of anilines is 1. The summed E-state index contributed by atoms with van der Waals surface area (Å²) in [7, 11) is -3.47. The van der Waals surface area contributed by atoms with Crippen molar-refractivity contribution in [3.05, 3.63) is 53.3 Å². The van der Waals surface area contributed by atoms with Gasteiger partial charge in [-0.3, -0.25) is 4.79 Å². The van der Waals surface area contributed by atoms with E-state index in [0.29, 0.717) is 24.3 Å². The van der Waals surface area contributed by atoms with Crippen LogP contribution in [0.4, 0.5) is 5.69 Å². The van der Waals surface area contributed by atoms with Crippen LogP contribution in [0.3, 0.4) is 0 Å². The van der Waals surface area contributed by atoms with E-state index in [9.17, 15) is 13.2 Å². The number of pyridine rings is 1. The Bertz CT molecular complexity index is 863. The van der Waals surface area contributed by atoms with Crippen LogP contribution in [0.25, 0.3) is 0 Å². The first kappa shape index (κ1) is 17.8. The van der Waals surface area contributed by atoms with E-state index in [-0.39, 0.29) is 16.0 Å². The van der Waals surface area contributed by atoms with Crippen LogP contribution in [-0.2, 0) is 10.0 Å². The minimum Gasteiger partial charge on any atom is -0.322 e. The fraction of sp³-hybridized carbons (Fsp3) is 0.294. The number of nitrogens with zero attached hydrogens (tertiary/aromatic N) is 2. The van der Waals surface area contributed by atoms with E-state index in [4.69, 9.17) is 11.6 Å². The minimum absolute atomic E-state index is 0.232. The first-order chi connectivity index (χ1) is 12.0. The van der Waals surface area contributed by atoms with Gasteiger partial charge in [0, 0.05) is 30.5 Å². The van der Waals surface area contributed by atoms with Crippen molar-refractivity contribution in [2.45, 2.75) is 24.2 Å². The molecule has 2 heterocycles. The van der Waals surface area contributed by atoms with E-state index in [2.05, 4.69) is 10.3 Å². The molecule has 0 aliphatic carbocycles. The number of hydrogen-bond acceptors (Lipinski definition) is 4. The lowest BCUT2D eigenvalue weighted by molar-refractivity contribution is 0.102. The Labute approximate surface area is 151 Å². The summed E-state index contributed by atoms with van der Waals surface area (Å²) in [5.41, 5.74) is 0.889. The molecule has 0 unspecified atom stereocenters. The number of rotatable bonds is 4. The summed E-state index contributed by atoms with van der Waals surface area (Å²) >= 11 is 5.77. The summed E-state index contributed by atoms with van der Waals surface area (Å²) in [6, 6.07) is 9.20. The van der Waals surface area contributed by atoms with Gasteiger partial charge in [-0.15, -0.1) is 0 Å². The van der Waals surface area contributed by atoms with E-state index in [0.717, 1.165) is 19.3 Å². The quantitative estimate of drug-likeness (QED) is 0.827. The maximum atomic E-state index is 12.6. The molecule has 1 aliphatic heterocycles. The number of halogens is 1. The standard InChI is InChI=1S/C17H18ClN3O3S/c18-16-12-13(8-9-19-16)17(22)20-14-4-6-15(7-5-14)25(23,24)21-10-2-1-3-11-21/h4-9,12H,1-3,10-11H2,(H,20,22). The zero-order valence-electron chi connectivity index (χ0n) is 13.5. The molecule has 1 aromatic heterocycles. The molecular formula is C17H18ClN3O3S. The zero-order chi connectivity index (χ0) is 17.9. The molecule has 1 amide bonds. The summed E-state index contributed by atoms with van der Waals surface area (Å²) in [4.78, 5) is 16.2. The number of aromatic nitrogens is 1. The Morgan fingerprint density at radius 2 is 1.76 bits per heavy atom. The number of amides is 1. The van der Waals surface area contributed by atoms with E-state index in [1.54, 1.807) is 18.2 Å². The van der Waals surface area contributed by atoms with Crippen molar-refractivity contribution in [1.29, 1.82) is 0 Å². The molecular weight excluding hydrogens is 362 g/mol. The van der Waals surface area contributed by atoms with Crippen LogP contribution in [0.2, 0.25) is 5.15 Å². The Morgan fingerprint density at radius 1 is 1.08 bits per heavy atom. The van der Waals surface area contributed by atoms with Crippen molar-refractivity contribution in [1.82, 2.24) is 9.29 Å². The molecule has 2 aromatic rings. The highest BCUT2D eigenvalue weighted by atomic mass is 35.5. The average molecular weight is 380 g/mol. The Balaban J connectivity index is 1.73. The lowest BCUT2D eigenvalue weighted by atomic mass is 10.2. The van der Waals surface area contributed by atoms with Crippen LogP contribution < -0.4 is 5.32 Å². The molecule has 0 bridgehead atoms. The van der Waals surface area contributed by atoms with Gasteiger partial charge in [-0.1, -0.05) is 18.0 Å². The van der Waals surface area contributed by atoms with Gasteiger partial charge in [0.2, 0.25) is 10.0 Å².